The fourth-order valence-corrected chi connectivity index (χ4v) is 3.70. The first-order valence-corrected chi connectivity index (χ1v) is 9.65. The van der Waals surface area contributed by atoms with Gasteiger partial charge in [0, 0.05) is 37.5 Å². The van der Waals surface area contributed by atoms with Crippen LogP contribution in [-0.4, -0.2) is 64.8 Å². The van der Waals surface area contributed by atoms with Crippen LogP contribution in [0.3, 0.4) is 0 Å². The van der Waals surface area contributed by atoms with Gasteiger partial charge < -0.3 is 10.0 Å². The Hall–Kier alpha value is -2.21. The Morgan fingerprint density at radius 1 is 1.15 bits per heavy atom. The highest BCUT2D eigenvalue weighted by Gasteiger charge is 2.27. The first-order valence-electron chi connectivity index (χ1n) is 9.65. The molecule has 1 aromatic rings. The van der Waals surface area contributed by atoms with Crippen molar-refractivity contribution in [3.05, 3.63) is 34.9 Å². The molecule has 0 aliphatic carbocycles. The highest BCUT2D eigenvalue weighted by molar-refractivity contribution is 5.99. The van der Waals surface area contributed by atoms with Gasteiger partial charge in [0.15, 0.2) is 5.78 Å². The Bertz CT molecular complexity index is 693. The molecule has 1 aromatic carbocycles. The molecule has 0 unspecified atom stereocenters. The summed E-state index contributed by atoms with van der Waals surface area (Å²) >= 11 is 0. The number of likely N-dealkylation sites (tertiary alicyclic amines) is 1. The zero-order valence-corrected chi connectivity index (χ0v) is 16.5. The third kappa shape index (κ3) is 5.89. The predicted octanol–water partition coefficient (Wildman–Crippen LogP) is 2.66. The quantitative estimate of drug-likeness (QED) is 0.708. The van der Waals surface area contributed by atoms with Crippen molar-refractivity contribution in [2.45, 2.75) is 52.5 Å². The van der Waals surface area contributed by atoms with Crippen molar-refractivity contribution >= 4 is 17.7 Å². The van der Waals surface area contributed by atoms with Crippen molar-refractivity contribution in [3.63, 3.8) is 0 Å². The maximum absolute atomic E-state index is 12.5. The molecule has 0 aromatic heterocycles. The lowest BCUT2D eigenvalue weighted by molar-refractivity contribution is -0.140. The van der Waals surface area contributed by atoms with E-state index in [1.54, 1.807) is 0 Å². The average Bonchev–Trinajstić information content (AvgIpc) is 2.65. The van der Waals surface area contributed by atoms with Crippen molar-refractivity contribution in [1.82, 2.24) is 9.80 Å². The minimum absolute atomic E-state index is 0.00777. The van der Waals surface area contributed by atoms with Gasteiger partial charge in [-0.15, -0.1) is 0 Å². The number of ketones is 1. The molecular formula is C21H30N2O4. The lowest BCUT2D eigenvalue weighted by Gasteiger charge is -2.37. The van der Waals surface area contributed by atoms with E-state index in [4.69, 9.17) is 5.11 Å². The lowest BCUT2D eigenvalue weighted by Crippen LogP contribution is -2.48. The molecule has 1 saturated heterocycles. The van der Waals surface area contributed by atoms with Gasteiger partial charge in [-0.3, -0.25) is 19.3 Å². The van der Waals surface area contributed by atoms with Gasteiger partial charge in [-0.1, -0.05) is 24.6 Å². The monoisotopic (exact) mass is 374 g/mol. The number of amides is 1. The Kier molecular flexibility index (Phi) is 7.54. The molecular weight excluding hydrogens is 344 g/mol. The van der Waals surface area contributed by atoms with E-state index in [0.29, 0.717) is 25.2 Å². The summed E-state index contributed by atoms with van der Waals surface area (Å²) in [5, 5.41) is 9.00. The number of hydrogen-bond acceptors (Lipinski definition) is 4. The Morgan fingerprint density at radius 3 is 2.41 bits per heavy atom. The van der Waals surface area contributed by atoms with Crippen LogP contribution in [0.4, 0.5) is 0 Å². The molecule has 1 amide bonds. The van der Waals surface area contributed by atoms with Gasteiger partial charge in [0.05, 0.1) is 6.54 Å². The second-order valence-electron chi connectivity index (χ2n) is 7.31. The second kappa shape index (κ2) is 9.65. The number of carboxylic acids is 1. The Labute approximate surface area is 161 Å². The van der Waals surface area contributed by atoms with Crippen LogP contribution >= 0.6 is 0 Å². The summed E-state index contributed by atoms with van der Waals surface area (Å²) in [4.78, 5) is 39.6. The van der Waals surface area contributed by atoms with E-state index in [0.717, 1.165) is 24.0 Å². The summed E-state index contributed by atoms with van der Waals surface area (Å²) in [7, 11) is 0. The summed E-state index contributed by atoms with van der Waals surface area (Å²) in [5.74, 6) is -0.799. The molecule has 6 heteroatoms. The van der Waals surface area contributed by atoms with Gasteiger partial charge in [0.1, 0.15) is 0 Å². The maximum atomic E-state index is 12.5. The number of Topliss-reactive ketones (excluding diaryl/α,β-unsaturated/α-hetero) is 1. The van der Waals surface area contributed by atoms with E-state index < -0.39 is 5.97 Å². The fourth-order valence-electron chi connectivity index (χ4n) is 3.70. The summed E-state index contributed by atoms with van der Waals surface area (Å²) in [6.07, 6.45) is 2.00. The Balaban J connectivity index is 1.83. The van der Waals surface area contributed by atoms with E-state index in [2.05, 4.69) is 0 Å². The molecule has 148 valence electrons. The first-order chi connectivity index (χ1) is 12.8. The van der Waals surface area contributed by atoms with Crippen molar-refractivity contribution in [3.8, 4) is 0 Å². The molecule has 1 N–H and O–H groups in total. The number of aliphatic carboxylic acids is 1. The fraction of sp³-hybridized carbons (Fsp3) is 0.571. The average molecular weight is 374 g/mol. The zero-order chi connectivity index (χ0) is 20.0. The van der Waals surface area contributed by atoms with Crippen molar-refractivity contribution in [2.75, 3.05) is 26.2 Å². The molecule has 27 heavy (non-hydrogen) atoms. The molecule has 1 aliphatic heterocycles. The van der Waals surface area contributed by atoms with Crippen molar-refractivity contribution in [1.29, 1.82) is 0 Å². The van der Waals surface area contributed by atoms with Gasteiger partial charge in [-0.2, -0.15) is 0 Å². The van der Waals surface area contributed by atoms with E-state index in [9.17, 15) is 14.4 Å². The number of carbonyl (C=O) groups excluding carboxylic acids is 2. The third-order valence-electron chi connectivity index (χ3n) is 5.34. The zero-order valence-electron chi connectivity index (χ0n) is 16.5. The molecule has 1 heterocycles. The molecule has 1 fully saturated rings. The van der Waals surface area contributed by atoms with Crippen LogP contribution < -0.4 is 0 Å². The normalized spacial score (nSPS) is 15.2. The molecule has 0 saturated carbocycles. The van der Waals surface area contributed by atoms with Gasteiger partial charge in [0.25, 0.3) is 0 Å². The highest BCUT2D eigenvalue weighted by Crippen LogP contribution is 2.19. The molecule has 0 spiro atoms. The Morgan fingerprint density at radius 2 is 1.81 bits per heavy atom. The maximum Gasteiger partial charge on any atom is 0.317 e. The van der Waals surface area contributed by atoms with E-state index in [-0.39, 0.29) is 37.1 Å². The molecule has 6 nitrogen and oxygen atoms in total. The summed E-state index contributed by atoms with van der Waals surface area (Å²) < 4.78 is 0. The number of nitrogens with zero attached hydrogens (tertiary/aromatic N) is 2. The van der Waals surface area contributed by atoms with Crippen LogP contribution in [0.25, 0.3) is 0 Å². The van der Waals surface area contributed by atoms with Gasteiger partial charge >= 0.3 is 5.97 Å². The SMILES string of the molecule is CCN(CC(=O)O)C1CCN(C(=O)CCC(=O)c2cc(C)ccc2C)CC1. The number of carbonyl (C=O) groups is 3. The van der Waals surface area contributed by atoms with Crippen molar-refractivity contribution in [2.24, 2.45) is 0 Å². The lowest BCUT2D eigenvalue weighted by atomic mass is 9.98. The largest absolute Gasteiger partial charge is 0.480 e. The smallest absolute Gasteiger partial charge is 0.317 e. The van der Waals surface area contributed by atoms with Crippen molar-refractivity contribution < 1.29 is 19.5 Å². The first kappa shape index (κ1) is 21.1. The predicted molar refractivity (Wildman–Crippen MR) is 104 cm³/mol. The van der Waals surface area contributed by atoms with Gasteiger partial charge in [0.2, 0.25) is 5.91 Å². The number of aryl methyl sites for hydroxylation is 2. The van der Waals surface area contributed by atoms with Gasteiger partial charge in [-0.25, -0.2) is 0 Å². The summed E-state index contributed by atoms with van der Waals surface area (Å²) in [6, 6.07) is 6.00. The van der Waals surface area contributed by atoms with Crippen LogP contribution in [0, 0.1) is 13.8 Å². The minimum atomic E-state index is -0.819. The minimum Gasteiger partial charge on any atom is -0.480 e. The standard InChI is InChI=1S/C21H30N2O4/c1-4-22(14-21(26)27)17-9-11-23(12-10-17)20(25)8-7-19(24)18-13-15(2)5-6-16(18)3/h5-6,13,17H,4,7-12,14H2,1-3H3,(H,26,27). The molecule has 0 bridgehead atoms. The summed E-state index contributed by atoms with van der Waals surface area (Å²) in [5.41, 5.74) is 2.69. The van der Waals surface area contributed by atoms with Crippen LogP contribution in [0.5, 0.6) is 0 Å². The second-order valence-corrected chi connectivity index (χ2v) is 7.31. The number of likely N-dealkylation sites (N-methyl/N-ethyl adjacent to an activating group) is 1. The summed E-state index contributed by atoms with van der Waals surface area (Å²) in [6.45, 7) is 7.80. The van der Waals surface area contributed by atoms with Gasteiger partial charge in [-0.05, 0) is 44.9 Å². The third-order valence-corrected chi connectivity index (χ3v) is 5.34. The van der Waals surface area contributed by atoms with Crippen LogP contribution in [0.15, 0.2) is 18.2 Å². The molecule has 0 radical (unpaired) electrons. The van der Waals surface area contributed by atoms with Crippen LogP contribution in [0.1, 0.15) is 54.1 Å². The number of carboxylic acid groups (broad SMARTS) is 1. The van der Waals surface area contributed by atoms with E-state index in [1.165, 1.54) is 0 Å². The number of rotatable bonds is 8. The van der Waals surface area contributed by atoms with Crippen LogP contribution in [-0.2, 0) is 9.59 Å². The van der Waals surface area contributed by atoms with Crippen LogP contribution in [0.2, 0.25) is 0 Å². The number of benzene rings is 1. The number of hydrogen-bond donors (Lipinski definition) is 1. The topological polar surface area (TPSA) is 77.9 Å². The molecule has 1 aliphatic rings. The number of piperidine rings is 1. The molecule has 0 atom stereocenters. The highest BCUT2D eigenvalue weighted by atomic mass is 16.4. The van der Waals surface area contributed by atoms with E-state index in [1.807, 2.05) is 48.8 Å². The molecule has 2 rings (SSSR count). The van der Waals surface area contributed by atoms with E-state index >= 15 is 0 Å².